The number of amides is 1. The molecule has 2 atom stereocenters. The molecule has 1 saturated heterocycles. The maximum absolute atomic E-state index is 12.6. The van der Waals surface area contributed by atoms with Crippen molar-refractivity contribution >= 4 is 5.91 Å². The summed E-state index contributed by atoms with van der Waals surface area (Å²) in [6.07, 6.45) is -0.0188. The van der Waals surface area contributed by atoms with Gasteiger partial charge in [0.25, 0.3) is 5.91 Å². The molecule has 0 aliphatic carbocycles. The van der Waals surface area contributed by atoms with Gasteiger partial charge < -0.3 is 19.2 Å². The minimum Gasteiger partial charge on any atom is -0.497 e. The molecule has 2 aromatic rings. The van der Waals surface area contributed by atoms with Gasteiger partial charge in [-0.15, -0.1) is 0 Å². The van der Waals surface area contributed by atoms with Crippen molar-refractivity contribution in [1.82, 2.24) is 4.90 Å². The number of aryl methyl sites for hydroxylation is 1. The third kappa shape index (κ3) is 2.72. The number of carbonyl (C=O) groups is 1. The molecule has 1 aliphatic rings. The van der Waals surface area contributed by atoms with Crippen LogP contribution in [0.3, 0.4) is 0 Å². The zero-order valence-electron chi connectivity index (χ0n) is 12.7. The Kier molecular flexibility index (Phi) is 3.90. The fourth-order valence-corrected chi connectivity index (χ4v) is 2.89. The summed E-state index contributed by atoms with van der Waals surface area (Å²) in [6, 6.07) is 10.8. The van der Waals surface area contributed by atoms with Crippen molar-refractivity contribution in [3.8, 4) is 5.75 Å². The minimum atomic E-state index is -0.531. The maximum atomic E-state index is 12.6. The maximum Gasteiger partial charge on any atom is 0.290 e. The lowest BCUT2D eigenvalue weighted by Crippen LogP contribution is -2.31. The Morgan fingerprint density at radius 2 is 2.18 bits per heavy atom. The molecule has 1 aromatic carbocycles. The van der Waals surface area contributed by atoms with Crippen molar-refractivity contribution in [2.24, 2.45) is 0 Å². The third-order valence-electron chi connectivity index (χ3n) is 3.97. The van der Waals surface area contributed by atoms with Crippen LogP contribution in [0.25, 0.3) is 0 Å². The van der Waals surface area contributed by atoms with Crippen molar-refractivity contribution in [1.29, 1.82) is 0 Å². The molecule has 0 spiro atoms. The van der Waals surface area contributed by atoms with Gasteiger partial charge in [-0.05, 0) is 43.2 Å². The van der Waals surface area contributed by atoms with Crippen LogP contribution in [0.15, 0.2) is 40.8 Å². The summed E-state index contributed by atoms with van der Waals surface area (Å²) in [7, 11) is 1.61. The highest BCUT2D eigenvalue weighted by atomic mass is 16.5. The first kappa shape index (κ1) is 14.7. The summed E-state index contributed by atoms with van der Waals surface area (Å²) in [5.74, 6) is 1.54. The molecule has 1 fully saturated rings. The van der Waals surface area contributed by atoms with Crippen LogP contribution in [-0.4, -0.2) is 35.7 Å². The molecule has 0 radical (unpaired) electrons. The number of ether oxygens (including phenoxy) is 1. The smallest absolute Gasteiger partial charge is 0.290 e. The van der Waals surface area contributed by atoms with E-state index in [0.29, 0.717) is 24.5 Å². The molecule has 5 nitrogen and oxygen atoms in total. The van der Waals surface area contributed by atoms with Crippen molar-refractivity contribution in [3.05, 3.63) is 53.5 Å². The number of hydrogen-bond acceptors (Lipinski definition) is 4. The summed E-state index contributed by atoms with van der Waals surface area (Å²) in [5.41, 5.74) is 0.951. The van der Waals surface area contributed by atoms with Gasteiger partial charge in [0, 0.05) is 6.54 Å². The van der Waals surface area contributed by atoms with E-state index in [1.807, 2.05) is 24.3 Å². The number of methoxy groups -OCH3 is 1. The molecular weight excluding hydrogens is 282 g/mol. The molecule has 5 heteroatoms. The normalized spacial score (nSPS) is 21.1. The Morgan fingerprint density at radius 3 is 2.86 bits per heavy atom. The van der Waals surface area contributed by atoms with Crippen LogP contribution in [0, 0.1) is 6.92 Å². The van der Waals surface area contributed by atoms with E-state index in [9.17, 15) is 9.90 Å². The van der Waals surface area contributed by atoms with Crippen molar-refractivity contribution in [2.45, 2.75) is 25.5 Å². The molecule has 0 bridgehead atoms. The predicted molar refractivity (Wildman–Crippen MR) is 80.8 cm³/mol. The summed E-state index contributed by atoms with van der Waals surface area (Å²) < 4.78 is 10.7. The van der Waals surface area contributed by atoms with E-state index >= 15 is 0 Å². The molecular formula is C17H19NO4. The van der Waals surface area contributed by atoms with Gasteiger partial charge in [-0.1, -0.05) is 12.1 Å². The largest absolute Gasteiger partial charge is 0.497 e. The minimum absolute atomic E-state index is 0.178. The van der Waals surface area contributed by atoms with E-state index < -0.39 is 6.10 Å². The van der Waals surface area contributed by atoms with Crippen LogP contribution >= 0.6 is 0 Å². The zero-order valence-corrected chi connectivity index (χ0v) is 12.7. The van der Waals surface area contributed by atoms with E-state index in [1.165, 1.54) is 0 Å². The van der Waals surface area contributed by atoms with Gasteiger partial charge in [0.05, 0.1) is 19.3 Å². The molecule has 116 valence electrons. The summed E-state index contributed by atoms with van der Waals surface area (Å²) in [6.45, 7) is 2.11. The average Bonchev–Trinajstić information content (AvgIpc) is 3.12. The van der Waals surface area contributed by atoms with Crippen LogP contribution in [-0.2, 0) is 0 Å². The van der Waals surface area contributed by atoms with Gasteiger partial charge in [-0.25, -0.2) is 0 Å². The lowest BCUT2D eigenvalue weighted by Gasteiger charge is -2.24. The van der Waals surface area contributed by atoms with E-state index in [0.717, 1.165) is 11.3 Å². The quantitative estimate of drug-likeness (QED) is 0.946. The van der Waals surface area contributed by atoms with Crippen LogP contribution < -0.4 is 4.74 Å². The van der Waals surface area contributed by atoms with E-state index in [1.54, 1.807) is 31.1 Å². The number of β-amino-alcohol motifs (C(OH)–C–C–N with tert-alkyl or cyclic N) is 1. The summed E-state index contributed by atoms with van der Waals surface area (Å²) in [4.78, 5) is 14.3. The van der Waals surface area contributed by atoms with Crippen LogP contribution in [0.2, 0.25) is 0 Å². The summed E-state index contributed by atoms with van der Waals surface area (Å²) >= 11 is 0. The second kappa shape index (κ2) is 5.85. The first-order valence-electron chi connectivity index (χ1n) is 7.28. The highest BCUT2D eigenvalue weighted by Gasteiger charge is 2.36. The Balaban J connectivity index is 1.90. The molecule has 2 heterocycles. The van der Waals surface area contributed by atoms with Crippen molar-refractivity contribution in [2.75, 3.05) is 13.7 Å². The Bertz CT molecular complexity index is 679. The molecule has 0 unspecified atom stereocenters. The van der Waals surface area contributed by atoms with Gasteiger partial charge in [-0.2, -0.15) is 0 Å². The fraction of sp³-hybridized carbons (Fsp3) is 0.353. The predicted octanol–water partition coefficient (Wildman–Crippen LogP) is 2.54. The van der Waals surface area contributed by atoms with Crippen molar-refractivity contribution < 1.29 is 19.1 Å². The number of benzene rings is 1. The van der Waals surface area contributed by atoms with Gasteiger partial charge in [0.2, 0.25) is 0 Å². The van der Waals surface area contributed by atoms with Crippen LogP contribution in [0.5, 0.6) is 5.75 Å². The number of hydrogen-bond donors (Lipinski definition) is 1. The van der Waals surface area contributed by atoms with E-state index in [4.69, 9.17) is 9.15 Å². The topological polar surface area (TPSA) is 62.9 Å². The standard InChI is InChI=1S/C17H19NO4/c1-11-6-7-16(22-11)17(20)18-10-13(19)9-15(18)12-4-3-5-14(8-12)21-2/h3-8,13,15,19H,9-10H2,1-2H3/t13-,15-/m0/s1. The molecule has 1 aliphatic heterocycles. The van der Waals surface area contributed by atoms with Gasteiger partial charge in [0.15, 0.2) is 5.76 Å². The molecule has 1 amide bonds. The number of furan rings is 1. The average molecular weight is 301 g/mol. The summed E-state index contributed by atoms with van der Waals surface area (Å²) in [5, 5.41) is 10.0. The first-order valence-corrected chi connectivity index (χ1v) is 7.28. The van der Waals surface area contributed by atoms with Crippen LogP contribution in [0.1, 0.15) is 34.3 Å². The lowest BCUT2D eigenvalue weighted by molar-refractivity contribution is 0.0682. The second-order valence-electron chi connectivity index (χ2n) is 5.55. The number of aliphatic hydroxyl groups excluding tert-OH is 1. The van der Waals surface area contributed by atoms with E-state index in [2.05, 4.69) is 0 Å². The molecule has 3 rings (SSSR count). The number of nitrogens with zero attached hydrogens (tertiary/aromatic N) is 1. The molecule has 1 N–H and O–H groups in total. The molecule has 0 saturated carbocycles. The number of carbonyl (C=O) groups excluding carboxylic acids is 1. The zero-order chi connectivity index (χ0) is 15.7. The first-order chi connectivity index (χ1) is 10.6. The Labute approximate surface area is 129 Å². The number of aliphatic hydroxyl groups is 1. The molecule has 1 aromatic heterocycles. The van der Waals surface area contributed by atoms with Crippen molar-refractivity contribution in [3.63, 3.8) is 0 Å². The molecule has 22 heavy (non-hydrogen) atoms. The van der Waals surface area contributed by atoms with Gasteiger partial charge in [0.1, 0.15) is 11.5 Å². The second-order valence-corrected chi connectivity index (χ2v) is 5.55. The Morgan fingerprint density at radius 1 is 1.36 bits per heavy atom. The fourth-order valence-electron chi connectivity index (χ4n) is 2.89. The van der Waals surface area contributed by atoms with Crippen LogP contribution in [0.4, 0.5) is 0 Å². The van der Waals surface area contributed by atoms with E-state index in [-0.39, 0.29) is 11.9 Å². The third-order valence-corrected chi connectivity index (χ3v) is 3.97. The Hall–Kier alpha value is -2.27. The highest BCUT2D eigenvalue weighted by molar-refractivity contribution is 5.92. The highest BCUT2D eigenvalue weighted by Crippen LogP contribution is 2.34. The van der Waals surface area contributed by atoms with Gasteiger partial charge >= 0.3 is 0 Å². The lowest BCUT2D eigenvalue weighted by atomic mass is 10.0. The SMILES string of the molecule is COc1cccc([C@@H]2C[C@H](O)CN2C(=O)c2ccc(C)o2)c1. The van der Waals surface area contributed by atoms with Gasteiger partial charge in [-0.3, -0.25) is 4.79 Å². The number of rotatable bonds is 3. The number of likely N-dealkylation sites (tertiary alicyclic amines) is 1. The monoisotopic (exact) mass is 301 g/mol.